The molecule has 0 saturated heterocycles. The largest absolute Gasteiger partial charge is 0.507 e. The topological polar surface area (TPSA) is 75.7 Å². The van der Waals surface area contributed by atoms with E-state index in [-0.39, 0.29) is 5.75 Å². The van der Waals surface area contributed by atoms with Crippen molar-refractivity contribution < 1.29 is 9.52 Å². The molecule has 0 radical (unpaired) electrons. The number of rotatable bonds is 2. The monoisotopic (exact) mass is 280 g/mol. The summed E-state index contributed by atoms with van der Waals surface area (Å²) in [5.41, 5.74) is 1.67. The normalized spacial score (nSPS) is 11.3. The first kappa shape index (κ1) is 13.1. The maximum Gasteiger partial charge on any atom is 0.336 e. The highest BCUT2D eigenvalue weighted by atomic mass is 16.4. The number of hydrogen-bond donors (Lipinski definition) is 1. The number of phenolic OH excluding ortho intramolecular Hbond substituents is 1. The second-order valence-electron chi connectivity index (χ2n) is 4.59. The number of fused-ring (bicyclic) bond motifs is 1. The Morgan fingerprint density at radius 3 is 2.95 bits per heavy atom. The van der Waals surface area contributed by atoms with Crippen molar-refractivity contribution in [3.05, 3.63) is 64.3 Å². The van der Waals surface area contributed by atoms with Gasteiger partial charge in [-0.05, 0) is 36.8 Å². The fourth-order valence-corrected chi connectivity index (χ4v) is 2.09. The average molecular weight is 280 g/mol. The van der Waals surface area contributed by atoms with Crippen LogP contribution in [0.25, 0.3) is 11.0 Å². The van der Waals surface area contributed by atoms with Crippen LogP contribution in [-0.2, 0) is 0 Å². The van der Waals surface area contributed by atoms with Crippen molar-refractivity contribution in [2.75, 3.05) is 0 Å². The molecule has 5 nitrogen and oxygen atoms in total. The van der Waals surface area contributed by atoms with Crippen LogP contribution in [0.3, 0.4) is 0 Å². The van der Waals surface area contributed by atoms with Crippen LogP contribution < -0.4 is 5.63 Å². The number of hydrogen-bond acceptors (Lipinski definition) is 5. The molecule has 0 bridgehead atoms. The molecule has 5 heteroatoms. The number of aromatic hydroxyl groups is 1. The number of phenols is 1. The Hall–Kier alpha value is -2.95. The number of aliphatic imine (C=N–C) groups is 1. The van der Waals surface area contributed by atoms with Crippen LogP contribution in [0.1, 0.15) is 11.1 Å². The summed E-state index contributed by atoms with van der Waals surface area (Å²) in [6.07, 6.45) is 4.72. The molecule has 1 aromatic carbocycles. The van der Waals surface area contributed by atoms with Crippen molar-refractivity contribution in [1.29, 1.82) is 0 Å². The number of aromatic nitrogens is 1. The van der Waals surface area contributed by atoms with Gasteiger partial charge in [-0.25, -0.2) is 4.79 Å². The summed E-state index contributed by atoms with van der Waals surface area (Å²) in [6.45, 7) is 1.82. The molecule has 3 aromatic rings. The highest BCUT2D eigenvalue weighted by Gasteiger charge is 2.10. The molecule has 104 valence electrons. The van der Waals surface area contributed by atoms with E-state index in [1.165, 1.54) is 12.3 Å². The van der Waals surface area contributed by atoms with Gasteiger partial charge in [0.05, 0.1) is 17.4 Å². The van der Waals surface area contributed by atoms with Crippen LogP contribution >= 0.6 is 0 Å². The highest BCUT2D eigenvalue weighted by molar-refractivity contribution is 6.00. The first-order chi connectivity index (χ1) is 10.1. The Bertz CT molecular complexity index is 883. The van der Waals surface area contributed by atoms with Gasteiger partial charge >= 0.3 is 5.63 Å². The molecule has 0 aliphatic carbocycles. The van der Waals surface area contributed by atoms with Crippen molar-refractivity contribution in [2.24, 2.45) is 4.99 Å². The van der Waals surface area contributed by atoms with Gasteiger partial charge in [0.25, 0.3) is 0 Å². The lowest BCUT2D eigenvalue weighted by Gasteiger charge is -2.05. The smallest absolute Gasteiger partial charge is 0.336 e. The summed E-state index contributed by atoms with van der Waals surface area (Å²) in [4.78, 5) is 19.7. The molecular weight excluding hydrogens is 268 g/mol. The van der Waals surface area contributed by atoms with Crippen molar-refractivity contribution in [1.82, 2.24) is 4.98 Å². The summed E-state index contributed by atoms with van der Waals surface area (Å²) < 4.78 is 5.22. The Balaban J connectivity index is 2.20. The molecule has 3 rings (SSSR count). The van der Waals surface area contributed by atoms with E-state index in [4.69, 9.17) is 4.42 Å². The van der Waals surface area contributed by atoms with Crippen molar-refractivity contribution in [3.63, 3.8) is 0 Å². The first-order valence-electron chi connectivity index (χ1n) is 6.35. The zero-order valence-electron chi connectivity index (χ0n) is 11.3. The minimum Gasteiger partial charge on any atom is -0.507 e. The predicted octanol–water partition coefficient (Wildman–Crippen LogP) is 2.95. The van der Waals surface area contributed by atoms with Gasteiger partial charge in [-0.15, -0.1) is 0 Å². The van der Waals surface area contributed by atoms with Gasteiger partial charge in [-0.3, -0.25) is 9.98 Å². The third-order valence-electron chi connectivity index (χ3n) is 3.12. The van der Waals surface area contributed by atoms with E-state index in [1.54, 1.807) is 36.7 Å². The summed E-state index contributed by atoms with van der Waals surface area (Å²) >= 11 is 0. The number of aryl methyl sites for hydroxylation is 1. The molecule has 0 spiro atoms. The standard InChI is InChI=1S/C16H12N2O3/c1-10-7-15(20)21-16-12(10)4-5-14(19)13(16)9-18-11-3-2-6-17-8-11/h2-9,19H,1H3. The van der Waals surface area contributed by atoms with E-state index in [1.807, 2.05) is 6.92 Å². The van der Waals surface area contributed by atoms with Gasteiger partial charge in [0.1, 0.15) is 5.75 Å². The Morgan fingerprint density at radius 1 is 1.33 bits per heavy atom. The molecule has 0 unspecified atom stereocenters. The van der Waals surface area contributed by atoms with E-state index in [2.05, 4.69) is 9.98 Å². The number of nitrogens with zero attached hydrogens (tertiary/aromatic N) is 2. The summed E-state index contributed by atoms with van der Waals surface area (Å²) in [6, 6.07) is 8.23. The maximum atomic E-state index is 11.5. The Labute approximate surface area is 120 Å². The van der Waals surface area contributed by atoms with Crippen LogP contribution in [0, 0.1) is 6.92 Å². The van der Waals surface area contributed by atoms with Crippen LogP contribution in [0.15, 0.2) is 56.9 Å². The molecule has 0 aliphatic heterocycles. The Morgan fingerprint density at radius 2 is 2.19 bits per heavy atom. The van der Waals surface area contributed by atoms with Crippen molar-refractivity contribution in [3.8, 4) is 5.75 Å². The fourth-order valence-electron chi connectivity index (χ4n) is 2.09. The predicted molar refractivity (Wildman–Crippen MR) is 80.4 cm³/mol. The van der Waals surface area contributed by atoms with Crippen LogP contribution in [0.5, 0.6) is 5.75 Å². The summed E-state index contributed by atoms with van der Waals surface area (Å²) in [7, 11) is 0. The lowest BCUT2D eigenvalue weighted by atomic mass is 10.1. The zero-order valence-corrected chi connectivity index (χ0v) is 11.3. The molecule has 0 amide bonds. The third-order valence-corrected chi connectivity index (χ3v) is 3.12. The molecule has 2 aromatic heterocycles. The van der Waals surface area contributed by atoms with E-state index < -0.39 is 5.63 Å². The molecule has 21 heavy (non-hydrogen) atoms. The van der Waals surface area contributed by atoms with E-state index >= 15 is 0 Å². The quantitative estimate of drug-likeness (QED) is 0.578. The molecular formula is C16H12N2O3. The number of benzene rings is 1. The second kappa shape index (κ2) is 5.20. The van der Waals surface area contributed by atoms with Gasteiger partial charge in [-0.2, -0.15) is 0 Å². The van der Waals surface area contributed by atoms with E-state index in [9.17, 15) is 9.90 Å². The van der Waals surface area contributed by atoms with Gasteiger partial charge in [-0.1, -0.05) is 0 Å². The molecule has 0 saturated carbocycles. The van der Waals surface area contributed by atoms with E-state index in [0.717, 1.165) is 10.9 Å². The average Bonchev–Trinajstić information content (AvgIpc) is 2.47. The number of pyridine rings is 1. The molecule has 1 N–H and O–H groups in total. The molecule has 0 fully saturated rings. The summed E-state index contributed by atoms with van der Waals surface area (Å²) in [5, 5.41) is 10.8. The summed E-state index contributed by atoms with van der Waals surface area (Å²) in [5.74, 6) is 0.00360. The fraction of sp³-hybridized carbons (Fsp3) is 0.0625. The third kappa shape index (κ3) is 2.53. The molecule has 0 aliphatic rings. The highest BCUT2D eigenvalue weighted by Crippen LogP contribution is 2.27. The molecule has 2 heterocycles. The second-order valence-corrected chi connectivity index (χ2v) is 4.59. The van der Waals surface area contributed by atoms with Crippen molar-refractivity contribution in [2.45, 2.75) is 6.92 Å². The van der Waals surface area contributed by atoms with E-state index in [0.29, 0.717) is 16.8 Å². The van der Waals surface area contributed by atoms with Crippen LogP contribution in [-0.4, -0.2) is 16.3 Å². The van der Waals surface area contributed by atoms with Gasteiger partial charge in [0, 0.05) is 23.9 Å². The van der Waals surface area contributed by atoms with Crippen LogP contribution in [0.4, 0.5) is 5.69 Å². The SMILES string of the molecule is Cc1cc(=O)oc2c(C=Nc3cccnc3)c(O)ccc12. The van der Waals surface area contributed by atoms with Gasteiger partial charge < -0.3 is 9.52 Å². The lowest BCUT2D eigenvalue weighted by Crippen LogP contribution is -2.00. The van der Waals surface area contributed by atoms with Crippen LogP contribution in [0.2, 0.25) is 0 Å². The van der Waals surface area contributed by atoms with Gasteiger partial charge in [0.15, 0.2) is 5.58 Å². The Kier molecular flexibility index (Phi) is 3.23. The minimum atomic E-state index is -0.457. The first-order valence-corrected chi connectivity index (χ1v) is 6.35. The lowest BCUT2D eigenvalue weighted by molar-refractivity contribution is 0.472. The zero-order chi connectivity index (χ0) is 14.8. The maximum absolute atomic E-state index is 11.5. The van der Waals surface area contributed by atoms with Gasteiger partial charge in [0.2, 0.25) is 0 Å². The van der Waals surface area contributed by atoms with Crippen molar-refractivity contribution >= 4 is 22.9 Å². The minimum absolute atomic E-state index is 0.00360. The molecule has 0 atom stereocenters.